The molecule has 154 valence electrons. The second kappa shape index (κ2) is 7.51. The average molecular weight is 404 g/mol. The van der Waals surface area contributed by atoms with Crippen LogP contribution >= 0.6 is 0 Å². The lowest BCUT2D eigenvalue weighted by Gasteiger charge is -2.49. The van der Waals surface area contributed by atoms with E-state index < -0.39 is 0 Å². The van der Waals surface area contributed by atoms with E-state index in [2.05, 4.69) is 20.2 Å². The number of ether oxygens (including phenoxy) is 1. The van der Waals surface area contributed by atoms with Crippen molar-refractivity contribution in [1.82, 2.24) is 29.9 Å². The first-order valence-corrected chi connectivity index (χ1v) is 10.3. The van der Waals surface area contributed by atoms with Crippen molar-refractivity contribution in [2.45, 2.75) is 45.3 Å². The van der Waals surface area contributed by atoms with Crippen molar-refractivity contribution in [2.75, 3.05) is 6.54 Å². The molecule has 2 bridgehead atoms. The van der Waals surface area contributed by atoms with Crippen molar-refractivity contribution >= 4 is 5.91 Å². The standard InChI is InChI=1S/C22H24N6O2/c1-14-3-6-20(23-11-14)30-19-10-16-4-5-18(19)27(13-16)22(29)17-9-15(2)12-24-21(17)28-25-7-8-26-28/h3,6-9,11-12,16,18-19H,4-5,10,13H2,1-2H3/t16?,18-,19+/m0/s1. The van der Waals surface area contributed by atoms with Gasteiger partial charge in [-0.15, -0.1) is 4.80 Å². The Morgan fingerprint density at radius 3 is 2.60 bits per heavy atom. The Morgan fingerprint density at radius 1 is 1.07 bits per heavy atom. The molecule has 2 saturated heterocycles. The molecule has 3 aromatic rings. The molecule has 3 atom stereocenters. The van der Waals surface area contributed by atoms with E-state index in [9.17, 15) is 4.79 Å². The lowest BCUT2D eigenvalue weighted by molar-refractivity contribution is -0.0313. The highest BCUT2D eigenvalue weighted by molar-refractivity contribution is 5.97. The molecule has 1 amide bonds. The Morgan fingerprint density at radius 2 is 1.87 bits per heavy atom. The molecule has 8 heteroatoms. The first kappa shape index (κ1) is 18.7. The smallest absolute Gasteiger partial charge is 0.258 e. The highest BCUT2D eigenvalue weighted by Gasteiger charge is 2.45. The van der Waals surface area contributed by atoms with Crippen molar-refractivity contribution in [2.24, 2.45) is 5.92 Å². The molecule has 6 rings (SSSR count). The monoisotopic (exact) mass is 404 g/mol. The number of nitrogens with zero attached hydrogens (tertiary/aromatic N) is 6. The van der Waals surface area contributed by atoms with E-state index in [1.807, 2.05) is 36.9 Å². The van der Waals surface area contributed by atoms with Crippen LogP contribution in [-0.2, 0) is 0 Å². The van der Waals surface area contributed by atoms with Gasteiger partial charge in [0.15, 0.2) is 5.82 Å². The van der Waals surface area contributed by atoms with Gasteiger partial charge >= 0.3 is 0 Å². The van der Waals surface area contributed by atoms with Crippen LogP contribution in [0, 0.1) is 19.8 Å². The van der Waals surface area contributed by atoms with E-state index in [-0.39, 0.29) is 18.1 Å². The molecular formula is C22H24N6O2. The molecule has 5 heterocycles. The fourth-order valence-electron chi connectivity index (χ4n) is 4.53. The van der Waals surface area contributed by atoms with Gasteiger partial charge in [-0.25, -0.2) is 9.97 Å². The van der Waals surface area contributed by atoms with Crippen LogP contribution in [0.5, 0.6) is 5.88 Å². The summed E-state index contributed by atoms with van der Waals surface area (Å²) in [5.41, 5.74) is 2.54. The van der Waals surface area contributed by atoms with Crippen LogP contribution in [0.1, 0.15) is 40.7 Å². The normalized spacial score (nSPS) is 22.9. The number of fused-ring (bicyclic) bond motifs is 3. The number of pyridine rings is 2. The summed E-state index contributed by atoms with van der Waals surface area (Å²) in [5, 5.41) is 8.34. The second-order valence-electron chi connectivity index (χ2n) is 8.24. The van der Waals surface area contributed by atoms with Gasteiger partial charge in [0, 0.05) is 25.0 Å². The van der Waals surface area contributed by atoms with Crippen molar-refractivity contribution < 1.29 is 9.53 Å². The quantitative estimate of drug-likeness (QED) is 0.665. The third kappa shape index (κ3) is 3.42. The van der Waals surface area contributed by atoms with Crippen LogP contribution in [0.15, 0.2) is 43.0 Å². The fraction of sp³-hybridized carbons (Fsp3) is 0.409. The van der Waals surface area contributed by atoms with E-state index in [1.165, 1.54) is 4.80 Å². The predicted molar refractivity (Wildman–Crippen MR) is 109 cm³/mol. The molecule has 2 aliphatic heterocycles. The van der Waals surface area contributed by atoms with E-state index in [0.717, 1.165) is 36.9 Å². The maximum Gasteiger partial charge on any atom is 0.258 e. The SMILES string of the molecule is Cc1ccc(O[C@@H]2CC3CC[C@@H]2N(C(=O)c2cc(C)cnc2-n2nccn2)C3)nc1. The maximum absolute atomic E-state index is 13.6. The van der Waals surface area contributed by atoms with Crippen LogP contribution in [0.4, 0.5) is 0 Å². The number of rotatable bonds is 4. The third-order valence-electron chi connectivity index (χ3n) is 5.98. The molecule has 0 aromatic carbocycles. The van der Waals surface area contributed by atoms with Crippen molar-refractivity contribution in [3.05, 3.63) is 59.7 Å². The second-order valence-corrected chi connectivity index (χ2v) is 8.24. The van der Waals surface area contributed by atoms with E-state index >= 15 is 0 Å². The molecule has 1 saturated carbocycles. The van der Waals surface area contributed by atoms with Crippen molar-refractivity contribution in [3.8, 4) is 11.7 Å². The summed E-state index contributed by atoms with van der Waals surface area (Å²) in [4.78, 5) is 25.8. The first-order valence-electron chi connectivity index (χ1n) is 10.3. The zero-order valence-electron chi connectivity index (χ0n) is 17.1. The van der Waals surface area contributed by atoms with Gasteiger partial charge in [-0.2, -0.15) is 10.2 Å². The molecule has 0 spiro atoms. The van der Waals surface area contributed by atoms with Crippen LogP contribution in [0.25, 0.3) is 5.82 Å². The van der Waals surface area contributed by atoms with Crippen molar-refractivity contribution in [1.29, 1.82) is 0 Å². The number of piperidine rings is 2. The molecule has 3 aromatic heterocycles. The number of carbonyl (C=O) groups is 1. The summed E-state index contributed by atoms with van der Waals surface area (Å²) < 4.78 is 6.24. The number of aromatic nitrogens is 5. The highest BCUT2D eigenvalue weighted by Crippen LogP contribution is 2.38. The number of hydrogen-bond donors (Lipinski definition) is 0. The van der Waals surface area contributed by atoms with Gasteiger partial charge in [0.25, 0.3) is 5.91 Å². The van der Waals surface area contributed by atoms with Gasteiger partial charge in [-0.3, -0.25) is 4.79 Å². The van der Waals surface area contributed by atoms with Crippen LogP contribution in [-0.4, -0.2) is 54.5 Å². The lowest BCUT2D eigenvalue weighted by Crippen LogP contribution is -2.59. The minimum atomic E-state index is -0.0549. The Hall–Kier alpha value is -3.29. The summed E-state index contributed by atoms with van der Waals surface area (Å²) in [6, 6.07) is 5.78. The van der Waals surface area contributed by atoms with Gasteiger partial charge in [-0.05, 0) is 56.2 Å². The maximum atomic E-state index is 13.6. The van der Waals surface area contributed by atoms with Gasteiger partial charge in [0.1, 0.15) is 6.10 Å². The van der Waals surface area contributed by atoms with E-state index in [1.54, 1.807) is 24.8 Å². The zero-order chi connectivity index (χ0) is 20.7. The molecular weight excluding hydrogens is 380 g/mol. The van der Waals surface area contributed by atoms with Gasteiger partial charge in [-0.1, -0.05) is 6.07 Å². The topological polar surface area (TPSA) is 86.0 Å². The van der Waals surface area contributed by atoms with Crippen LogP contribution < -0.4 is 4.74 Å². The van der Waals surface area contributed by atoms with Gasteiger partial charge in [0.2, 0.25) is 5.88 Å². The number of carbonyl (C=O) groups excluding carboxylic acids is 1. The largest absolute Gasteiger partial charge is 0.472 e. The number of hydrogen-bond acceptors (Lipinski definition) is 6. The average Bonchev–Trinajstić information content (AvgIpc) is 3.30. The first-order chi connectivity index (χ1) is 14.6. The molecule has 30 heavy (non-hydrogen) atoms. The predicted octanol–water partition coefficient (Wildman–Crippen LogP) is 2.75. The van der Waals surface area contributed by atoms with E-state index in [0.29, 0.717) is 23.2 Å². The fourth-order valence-corrected chi connectivity index (χ4v) is 4.53. The minimum Gasteiger partial charge on any atom is -0.472 e. The van der Waals surface area contributed by atoms with Crippen LogP contribution in [0.2, 0.25) is 0 Å². The van der Waals surface area contributed by atoms with Crippen LogP contribution in [0.3, 0.4) is 0 Å². The van der Waals surface area contributed by atoms with Crippen molar-refractivity contribution in [3.63, 3.8) is 0 Å². The molecule has 1 aliphatic carbocycles. The van der Waals surface area contributed by atoms with E-state index in [4.69, 9.17) is 4.74 Å². The minimum absolute atomic E-state index is 0.0181. The summed E-state index contributed by atoms with van der Waals surface area (Å²) >= 11 is 0. The summed E-state index contributed by atoms with van der Waals surface area (Å²) in [6.45, 7) is 4.67. The highest BCUT2D eigenvalue weighted by atomic mass is 16.5. The third-order valence-corrected chi connectivity index (χ3v) is 5.98. The Kier molecular flexibility index (Phi) is 4.69. The number of aryl methyl sites for hydroxylation is 2. The Labute approximate surface area is 174 Å². The molecule has 0 radical (unpaired) electrons. The lowest BCUT2D eigenvalue weighted by atomic mass is 9.77. The summed E-state index contributed by atoms with van der Waals surface area (Å²) in [6.07, 6.45) is 9.64. The molecule has 3 fully saturated rings. The molecule has 0 N–H and O–H groups in total. The summed E-state index contributed by atoms with van der Waals surface area (Å²) in [7, 11) is 0. The Bertz CT molecular complexity index is 1050. The molecule has 3 aliphatic rings. The molecule has 8 nitrogen and oxygen atoms in total. The van der Waals surface area contributed by atoms with Gasteiger partial charge in [0.05, 0.1) is 24.0 Å². The van der Waals surface area contributed by atoms with Gasteiger partial charge < -0.3 is 9.64 Å². The zero-order valence-corrected chi connectivity index (χ0v) is 17.1. The summed E-state index contributed by atoms with van der Waals surface area (Å²) in [5.74, 6) is 1.45. The number of amides is 1. The molecule has 1 unspecified atom stereocenters. The Balaban J connectivity index is 1.44.